The second kappa shape index (κ2) is 3.31. The zero-order chi connectivity index (χ0) is 12.3. The van der Waals surface area contributed by atoms with E-state index in [0.29, 0.717) is 6.04 Å². The number of nitrogens with zero attached hydrogens (tertiary/aromatic N) is 2. The molecule has 2 atom stereocenters. The Bertz CT molecular complexity index is 581. The zero-order valence-electron chi connectivity index (χ0n) is 11.0. The maximum absolute atomic E-state index is 4.62. The minimum Gasteiger partial charge on any atom is -0.185 e. The normalized spacial score (nSPS) is 31.2. The van der Waals surface area contributed by atoms with Gasteiger partial charge in [-0.15, -0.1) is 0 Å². The van der Waals surface area contributed by atoms with Gasteiger partial charge in [0.2, 0.25) is 0 Å². The van der Waals surface area contributed by atoms with Crippen LogP contribution in [0.15, 0.2) is 40.1 Å². The minimum atomic E-state index is 0.136. The standard InChI is InChI=1S/C16H18N2/c1-16(2)14-12-7-4-3-6-10(12)11-8-5-9-13(11)15(16)18-17-14/h3-4,6-7,14-15H,5,8-9H2,1-2H3. The lowest BCUT2D eigenvalue weighted by Crippen LogP contribution is -2.29. The second-order valence-corrected chi connectivity index (χ2v) is 6.30. The lowest BCUT2D eigenvalue weighted by molar-refractivity contribution is 0.299. The maximum Gasteiger partial charge on any atom is 0.104 e. The topological polar surface area (TPSA) is 24.7 Å². The smallest absolute Gasteiger partial charge is 0.104 e. The highest BCUT2D eigenvalue weighted by atomic mass is 15.2. The van der Waals surface area contributed by atoms with Crippen molar-refractivity contribution >= 4 is 5.57 Å². The van der Waals surface area contributed by atoms with Gasteiger partial charge < -0.3 is 0 Å². The van der Waals surface area contributed by atoms with Crippen LogP contribution in [0, 0.1) is 5.41 Å². The van der Waals surface area contributed by atoms with Crippen LogP contribution in [0.4, 0.5) is 0 Å². The fraction of sp³-hybridized carbons (Fsp3) is 0.500. The first-order valence-electron chi connectivity index (χ1n) is 6.91. The second-order valence-electron chi connectivity index (χ2n) is 6.30. The van der Waals surface area contributed by atoms with E-state index in [-0.39, 0.29) is 11.5 Å². The van der Waals surface area contributed by atoms with Crippen molar-refractivity contribution in [2.45, 2.75) is 45.2 Å². The number of fused-ring (bicyclic) bond motifs is 6. The van der Waals surface area contributed by atoms with Gasteiger partial charge in [-0.2, -0.15) is 10.2 Å². The van der Waals surface area contributed by atoms with E-state index in [4.69, 9.17) is 0 Å². The number of benzene rings is 1. The summed E-state index contributed by atoms with van der Waals surface area (Å²) in [7, 11) is 0. The highest BCUT2D eigenvalue weighted by molar-refractivity contribution is 5.76. The molecule has 2 nitrogen and oxygen atoms in total. The van der Waals surface area contributed by atoms with Crippen LogP contribution in [-0.4, -0.2) is 6.04 Å². The molecule has 0 spiro atoms. The molecule has 0 N–H and O–H groups in total. The lowest BCUT2D eigenvalue weighted by atomic mass is 9.75. The number of rotatable bonds is 0. The summed E-state index contributed by atoms with van der Waals surface area (Å²) in [5, 5.41) is 9.22. The number of hydrogen-bond donors (Lipinski definition) is 0. The van der Waals surface area contributed by atoms with Gasteiger partial charge in [0.25, 0.3) is 0 Å². The molecular formula is C16H18N2. The third-order valence-electron chi connectivity index (χ3n) is 4.88. The summed E-state index contributed by atoms with van der Waals surface area (Å²) in [6, 6.07) is 9.37. The summed E-state index contributed by atoms with van der Waals surface area (Å²) in [6.45, 7) is 4.65. The van der Waals surface area contributed by atoms with Gasteiger partial charge in [-0.05, 0) is 41.5 Å². The molecule has 1 heterocycles. The Labute approximate surface area is 108 Å². The molecule has 2 unspecified atom stereocenters. The fourth-order valence-corrected chi connectivity index (χ4v) is 3.95. The average molecular weight is 238 g/mol. The first-order valence-corrected chi connectivity index (χ1v) is 6.91. The molecule has 1 aromatic carbocycles. The van der Waals surface area contributed by atoms with Crippen LogP contribution in [-0.2, 0) is 0 Å². The van der Waals surface area contributed by atoms with E-state index in [0.717, 1.165) is 0 Å². The molecule has 92 valence electrons. The van der Waals surface area contributed by atoms with Gasteiger partial charge in [0, 0.05) is 5.41 Å². The molecule has 2 heteroatoms. The molecule has 0 fully saturated rings. The molecule has 2 bridgehead atoms. The van der Waals surface area contributed by atoms with Crippen LogP contribution in [0.1, 0.15) is 50.3 Å². The first-order chi connectivity index (χ1) is 8.69. The summed E-state index contributed by atoms with van der Waals surface area (Å²) >= 11 is 0. The number of allylic oxidation sites excluding steroid dienone is 1. The average Bonchev–Trinajstić information content (AvgIpc) is 2.88. The predicted octanol–water partition coefficient (Wildman–Crippen LogP) is 4.54. The Morgan fingerprint density at radius 1 is 1.06 bits per heavy atom. The Balaban J connectivity index is 2.06. The van der Waals surface area contributed by atoms with Crippen LogP contribution in [0.3, 0.4) is 0 Å². The molecule has 0 saturated carbocycles. The highest BCUT2D eigenvalue weighted by Gasteiger charge is 2.49. The predicted molar refractivity (Wildman–Crippen MR) is 72.4 cm³/mol. The van der Waals surface area contributed by atoms with Crippen molar-refractivity contribution in [1.82, 2.24) is 0 Å². The van der Waals surface area contributed by atoms with E-state index in [1.807, 2.05) is 0 Å². The zero-order valence-corrected chi connectivity index (χ0v) is 11.0. The van der Waals surface area contributed by atoms with E-state index >= 15 is 0 Å². The van der Waals surface area contributed by atoms with Gasteiger partial charge in [0.1, 0.15) is 6.04 Å². The van der Waals surface area contributed by atoms with Gasteiger partial charge >= 0.3 is 0 Å². The van der Waals surface area contributed by atoms with Crippen LogP contribution in [0.25, 0.3) is 5.57 Å². The van der Waals surface area contributed by atoms with E-state index in [2.05, 4.69) is 48.3 Å². The summed E-state index contributed by atoms with van der Waals surface area (Å²) in [5.41, 5.74) is 6.11. The molecule has 2 aliphatic carbocycles. The summed E-state index contributed by atoms with van der Waals surface area (Å²) in [5.74, 6) is 0. The molecule has 1 aliphatic heterocycles. The van der Waals surface area contributed by atoms with Crippen molar-refractivity contribution in [3.05, 3.63) is 41.0 Å². The lowest BCUT2D eigenvalue weighted by Gasteiger charge is -2.29. The van der Waals surface area contributed by atoms with Crippen molar-refractivity contribution < 1.29 is 0 Å². The SMILES string of the molecule is CC1(C)C2N=NC1c1ccccc1C1=C2CCC1. The van der Waals surface area contributed by atoms with E-state index in [1.54, 1.807) is 11.1 Å². The van der Waals surface area contributed by atoms with Gasteiger partial charge in [0.15, 0.2) is 0 Å². The minimum absolute atomic E-state index is 0.136. The summed E-state index contributed by atoms with van der Waals surface area (Å²) in [4.78, 5) is 0. The van der Waals surface area contributed by atoms with Crippen molar-refractivity contribution in [2.75, 3.05) is 0 Å². The molecule has 3 aliphatic rings. The number of hydrogen-bond acceptors (Lipinski definition) is 2. The quantitative estimate of drug-likeness (QED) is 0.634. The third-order valence-corrected chi connectivity index (χ3v) is 4.88. The van der Waals surface area contributed by atoms with Crippen LogP contribution in [0.5, 0.6) is 0 Å². The van der Waals surface area contributed by atoms with Crippen molar-refractivity contribution in [3.8, 4) is 0 Å². The Hall–Kier alpha value is -1.44. The van der Waals surface area contributed by atoms with E-state index < -0.39 is 0 Å². The first kappa shape index (κ1) is 10.5. The molecule has 0 aromatic heterocycles. The summed E-state index contributed by atoms with van der Waals surface area (Å²) < 4.78 is 0. The molecule has 0 radical (unpaired) electrons. The van der Waals surface area contributed by atoms with Crippen molar-refractivity contribution in [3.63, 3.8) is 0 Å². The molecule has 18 heavy (non-hydrogen) atoms. The molecule has 0 saturated heterocycles. The van der Waals surface area contributed by atoms with E-state index in [1.165, 1.54) is 30.4 Å². The van der Waals surface area contributed by atoms with Gasteiger partial charge in [-0.1, -0.05) is 38.1 Å². The van der Waals surface area contributed by atoms with Crippen LogP contribution in [0.2, 0.25) is 0 Å². The van der Waals surface area contributed by atoms with Crippen molar-refractivity contribution in [2.24, 2.45) is 15.6 Å². The molecule has 4 rings (SSSR count). The van der Waals surface area contributed by atoms with Gasteiger partial charge in [-0.25, -0.2) is 0 Å². The fourth-order valence-electron chi connectivity index (χ4n) is 3.95. The van der Waals surface area contributed by atoms with Gasteiger partial charge in [-0.3, -0.25) is 0 Å². The van der Waals surface area contributed by atoms with E-state index in [9.17, 15) is 0 Å². The molecule has 0 amide bonds. The molecular weight excluding hydrogens is 220 g/mol. The highest BCUT2D eigenvalue weighted by Crippen LogP contribution is 2.56. The molecule has 1 aromatic rings. The maximum atomic E-state index is 4.62. The Morgan fingerprint density at radius 2 is 1.83 bits per heavy atom. The monoisotopic (exact) mass is 238 g/mol. The van der Waals surface area contributed by atoms with Crippen molar-refractivity contribution in [1.29, 1.82) is 0 Å². The third kappa shape index (κ3) is 1.14. The van der Waals surface area contributed by atoms with Gasteiger partial charge in [0.05, 0.1) is 6.04 Å². The largest absolute Gasteiger partial charge is 0.185 e. The summed E-state index contributed by atoms with van der Waals surface area (Å²) in [6.07, 6.45) is 3.72. The Kier molecular flexibility index (Phi) is 1.93. The Morgan fingerprint density at radius 3 is 2.72 bits per heavy atom. The van der Waals surface area contributed by atoms with Crippen LogP contribution >= 0.6 is 0 Å². The number of azo groups is 1. The van der Waals surface area contributed by atoms with Crippen LogP contribution < -0.4 is 0 Å².